The summed E-state index contributed by atoms with van der Waals surface area (Å²) in [6.45, 7) is 2.53. The zero-order valence-corrected chi connectivity index (χ0v) is 10.7. The van der Waals surface area contributed by atoms with Crippen molar-refractivity contribution in [2.45, 2.75) is 13.5 Å². The number of hydrogen-bond donors (Lipinski definition) is 1. The van der Waals surface area contributed by atoms with E-state index in [4.69, 9.17) is 17.0 Å². The lowest BCUT2D eigenvalue weighted by molar-refractivity contribution is 0.178. The third kappa shape index (κ3) is 2.55. The fraction of sp³-hybridized carbons (Fsp3) is 0.273. The molecule has 0 saturated heterocycles. The first kappa shape index (κ1) is 11.4. The van der Waals surface area contributed by atoms with Crippen molar-refractivity contribution >= 4 is 23.6 Å². The van der Waals surface area contributed by atoms with Crippen LogP contribution in [0.25, 0.3) is 10.6 Å². The van der Waals surface area contributed by atoms with Gasteiger partial charge in [0.1, 0.15) is 17.1 Å². The van der Waals surface area contributed by atoms with Crippen molar-refractivity contribution in [3.05, 3.63) is 33.5 Å². The van der Waals surface area contributed by atoms with Crippen molar-refractivity contribution in [1.82, 2.24) is 9.97 Å². The van der Waals surface area contributed by atoms with E-state index in [2.05, 4.69) is 29.0 Å². The summed E-state index contributed by atoms with van der Waals surface area (Å²) < 4.78 is 5.63. The molecule has 16 heavy (non-hydrogen) atoms. The van der Waals surface area contributed by atoms with Crippen LogP contribution in [0.1, 0.15) is 10.7 Å². The summed E-state index contributed by atoms with van der Waals surface area (Å²) in [6, 6.07) is 6.05. The van der Waals surface area contributed by atoms with Crippen molar-refractivity contribution in [3.63, 3.8) is 0 Å². The molecule has 2 aromatic rings. The number of aromatic nitrogens is 2. The summed E-state index contributed by atoms with van der Waals surface area (Å²) in [5.74, 6) is 0.760. The van der Waals surface area contributed by atoms with Gasteiger partial charge >= 0.3 is 0 Å². The van der Waals surface area contributed by atoms with Crippen molar-refractivity contribution in [2.75, 3.05) is 7.11 Å². The van der Waals surface area contributed by atoms with Gasteiger partial charge in [-0.1, -0.05) is 12.2 Å². The van der Waals surface area contributed by atoms with Crippen molar-refractivity contribution in [2.24, 2.45) is 0 Å². The first-order chi connectivity index (χ1) is 7.69. The van der Waals surface area contributed by atoms with Crippen molar-refractivity contribution in [1.29, 1.82) is 0 Å². The van der Waals surface area contributed by atoms with Gasteiger partial charge in [-0.2, -0.15) is 0 Å². The highest BCUT2D eigenvalue weighted by molar-refractivity contribution is 7.71. The highest BCUT2D eigenvalue weighted by Gasteiger charge is 2.03. The number of thiophene rings is 1. The molecule has 0 radical (unpaired) electrons. The van der Waals surface area contributed by atoms with Gasteiger partial charge in [0.15, 0.2) is 0 Å². The average molecular weight is 252 g/mol. The van der Waals surface area contributed by atoms with Gasteiger partial charge in [0, 0.05) is 12.0 Å². The molecule has 1 N–H and O–H groups in total. The molecule has 0 amide bonds. The Morgan fingerprint density at radius 2 is 2.31 bits per heavy atom. The van der Waals surface area contributed by atoms with Gasteiger partial charge < -0.3 is 9.72 Å². The maximum atomic E-state index is 5.13. The molecule has 3 nitrogen and oxygen atoms in total. The number of ether oxygens (including phenoxy) is 1. The number of aryl methyl sites for hydroxylation is 1. The summed E-state index contributed by atoms with van der Waals surface area (Å²) >= 11 is 6.86. The molecular formula is C11H12N2OS2. The Morgan fingerprint density at radius 3 is 2.94 bits per heavy atom. The quantitative estimate of drug-likeness (QED) is 0.852. The van der Waals surface area contributed by atoms with E-state index < -0.39 is 0 Å². The first-order valence-corrected chi connectivity index (χ1v) is 6.07. The van der Waals surface area contributed by atoms with E-state index in [9.17, 15) is 0 Å². The van der Waals surface area contributed by atoms with Crippen LogP contribution in [0.2, 0.25) is 0 Å². The van der Waals surface area contributed by atoms with E-state index in [1.54, 1.807) is 18.4 Å². The predicted molar refractivity (Wildman–Crippen MR) is 68.2 cm³/mol. The summed E-state index contributed by atoms with van der Waals surface area (Å²) in [5.41, 5.74) is 1.00. The second kappa shape index (κ2) is 4.86. The second-order valence-corrected chi connectivity index (χ2v) is 5.13. The molecule has 0 bridgehead atoms. The molecule has 0 fully saturated rings. The smallest absolute Gasteiger partial charge is 0.134 e. The van der Waals surface area contributed by atoms with Gasteiger partial charge in [-0.15, -0.1) is 11.3 Å². The number of methoxy groups -OCH3 is 1. The molecule has 0 saturated carbocycles. The van der Waals surface area contributed by atoms with Crippen LogP contribution in [0, 0.1) is 11.6 Å². The highest BCUT2D eigenvalue weighted by atomic mass is 32.1. The number of nitrogens with zero attached hydrogens (tertiary/aromatic N) is 1. The van der Waals surface area contributed by atoms with E-state index in [0.717, 1.165) is 11.5 Å². The summed E-state index contributed by atoms with van der Waals surface area (Å²) in [4.78, 5) is 9.87. The summed E-state index contributed by atoms with van der Waals surface area (Å²) in [6.07, 6.45) is 0. The zero-order chi connectivity index (χ0) is 11.5. The molecule has 0 spiro atoms. The lowest BCUT2D eigenvalue weighted by atomic mass is 10.3. The van der Waals surface area contributed by atoms with Crippen LogP contribution in [0.5, 0.6) is 0 Å². The molecule has 0 aromatic carbocycles. The lowest BCUT2D eigenvalue weighted by Gasteiger charge is -2.03. The van der Waals surface area contributed by atoms with E-state index in [1.165, 1.54) is 9.75 Å². The third-order valence-electron chi connectivity index (χ3n) is 2.08. The summed E-state index contributed by atoms with van der Waals surface area (Å²) in [7, 11) is 1.64. The minimum absolute atomic E-state index is 0.446. The molecule has 84 valence electrons. The Labute approximate surface area is 103 Å². The maximum Gasteiger partial charge on any atom is 0.134 e. The standard InChI is InChI=1S/C11H12N2OS2/c1-7-3-4-9(16-7)8-5-11(15)13-10(12-8)6-14-2/h3-5H,6H2,1-2H3,(H,12,13,15). The Bertz CT molecular complexity index is 545. The van der Waals surface area contributed by atoms with E-state index in [1.807, 2.05) is 6.07 Å². The molecule has 0 unspecified atom stereocenters. The normalized spacial score (nSPS) is 10.6. The van der Waals surface area contributed by atoms with Crippen molar-refractivity contribution < 1.29 is 4.74 Å². The number of rotatable bonds is 3. The first-order valence-electron chi connectivity index (χ1n) is 4.85. The average Bonchev–Trinajstić information content (AvgIpc) is 2.64. The van der Waals surface area contributed by atoms with Gasteiger partial charge in [0.25, 0.3) is 0 Å². The fourth-order valence-electron chi connectivity index (χ4n) is 1.43. The van der Waals surface area contributed by atoms with Crippen LogP contribution >= 0.6 is 23.6 Å². The minimum atomic E-state index is 0.446. The highest BCUT2D eigenvalue weighted by Crippen LogP contribution is 2.25. The van der Waals surface area contributed by atoms with Gasteiger partial charge in [-0.3, -0.25) is 0 Å². The molecule has 0 aliphatic heterocycles. The molecule has 0 aliphatic rings. The second-order valence-electron chi connectivity index (χ2n) is 3.42. The van der Waals surface area contributed by atoms with E-state index >= 15 is 0 Å². The monoisotopic (exact) mass is 252 g/mol. The Kier molecular flexibility index (Phi) is 3.48. The summed E-state index contributed by atoms with van der Waals surface area (Å²) in [5, 5.41) is 0. The number of hydrogen-bond acceptors (Lipinski definition) is 4. The van der Waals surface area contributed by atoms with E-state index in [0.29, 0.717) is 11.2 Å². The SMILES string of the molecule is COCc1nc(=S)cc(-c2ccc(C)s2)[nH]1. The van der Waals surface area contributed by atoms with E-state index in [-0.39, 0.29) is 0 Å². The molecule has 2 rings (SSSR count). The lowest BCUT2D eigenvalue weighted by Crippen LogP contribution is -1.98. The van der Waals surface area contributed by atoms with Crippen LogP contribution in [-0.2, 0) is 11.3 Å². The molecule has 0 atom stereocenters. The molecule has 0 aliphatic carbocycles. The number of H-pyrrole nitrogens is 1. The topological polar surface area (TPSA) is 37.9 Å². The molecule has 2 heterocycles. The van der Waals surface area contributed by atoms with Crippen LogP contribution in [0.4, 0.5) is 0 Å². The fourth-order valence-corrected chi connectivity index (χ4v) is 2.49. The van der Waals surface area contributed by atoms with Gasteiger partial charge in [-0.05, 0) is 25.1 Å². The molecular weight excluding hydrogens is 240 g/mol. The Morgan fingerprint density at radius 1 is 1.50 bits per heavy atom. The zero-order valence-electron chi connectivity index (χ0n) is 9.11. The van der Waals surface area contributed by atoms with Crippen LogP contribution in [0.15, 0.2) is 18.2 Å². The number of nitrogens with one attached hydrogen (secondary N) is 1. The van der Waals surface area contributed by atoms with Crippen LogP contribution < -0.4 is 0 Å². The predicted octanol–water partition coefficient (Wildman–Crippen LogP) is 3.32. The van der Waals surface area contributed by atoms with Gasteiger partial charge in [0.2, 0.25) is 0 Å². The van der Waals surface area contributed by atoms with Gasteiger partial charge in [0.05, 0.1) is 10.6 Å². The van der Waals surface area contributed by atoms with Crippen molar-refractivity contribution in [3.8, 4) is 10.6 Å². The molecule has 5 heteroatoms. The number of aromatic amines is 1. The Hall–Kier alpha value is -1.04. The minimum Gasteiger partial charge on any atom is -0.377 e. The Balaban J connectivity index is 2.44. The van der Waals surface area contributed by atoms with Gasteiger partial charge in [-0.25, -0.2) is 4.98 Å². The van der Waals surface area contributed by atoms with Crippen LogP contribution in [0.3, 0.4) is 0 Å². The molecule has 2 aromatic heterocycles. The largest absolute Gasteiger partial charge is 0.377 e. The third-order valence-corrected chi connectivity index (χ3v) is 3.32. The maximum absolute atomic E-state index is 5.13. The van der Waals surface area contributed by atoms with Crippen LogP contribution in [-0.4, -0.2) is 17.1 Å².